The van der Waals surface area contributed by atoms with Gasteiger partial charge in [0.15, 0.2) is 23.2 Å². The normalized spacial score (nSPS) is 18.2. The molecule has 2 aliphatic rings. The summed E-state index contributed by atoms with van der Waals surface area (Å²) < 4.78 is 17.8. The average Bonchev–Trinajstić information content (AvgIpc) is 3.34. The van der Waals surface area contributed by atoms with Gasteiger partial charge in [0.05, 0.1) is 23.4 Å². The van der Waals surface area contributed by atoms with Crippen molar-refractivity contribution in [3.63, 3.8) is 0 Å². The van der Waals surface area contributed by atoms with E-state index in [9.17, 15) is 29.2 Å². The van der Waals surface area contributed by atoms with Crippen LogP contribution >= 0.6 is 0 Å². The number of carbonyl (C=O) groups excluding carboxylic acids is 5. The first kappa shape index (κ1) is 50.0. The molecule has 6 rings (SSSR count). The highest BCUT2D eigenvalue weighted by molar-refractivity contribution is 6.00. The number of carbonyl (C=O) groups is 5. The minimum atomic E-state index is -1.24. The Kier molecular flexibility index (Phi) is 17.8. The highest BCUT2D eigenvalue weighted by Crippen LogP contribution is 2.41. The van der Waals surface area contributed by atoms with Gasteiger partial charge in [-0.15, -0.1) is 0 Å². The number of amides is 2. The van der Waals surface area contributed by atoms with Gasteiger partial charge >= 0.3 is 0 Å². The Morgan fingerprint density at radius 1 is 0.910 bits per heavy atom. The van der Waals surface area contributed by atoms with Gasteiger partial charge in [-0.3, -0.25) is 24.0 Å². The van der Waals surface area contributed by atoms with Crippen LogP contribution in [-0.2, 0) is 30.3 Å². The molecule has 7 N–H and O–H groups in total. The molecule has 354 valence electrons. The van der Waals surface area contributed by atoms with Crippen LogP contribution in [-0.4, -0.2) is 103 Å². The van der Waals surface area contributed by atoms with E-state index < -0.39 is 41.5 Å². The lowest BCUT2D eigenvalue weighted by Gasteiger charge is -2.32. The summed E-state index contributed by atoms with van der Waals surface area (Å²) in [5, 5.41) is 12.1. The minimum absolute atomic E-state index is 0.0319. The first-order chi connectivity index (χ1) is 32.4. The summed E-state index contributed by atoms with van der Waals surface area (Å²) in [5.41, 5.74) is 22.7. The second-order valence-corrected chi connectivity index (χ2v) is 17.3. The number of aromatic nitrogens is 2. The molecule has 0 aliphatic carbocycles. The lowest BCUT2D eigenvalue weighted by Crippen LogP contribution is -2.46. The van der Waals surface area contributed by atoms with Crippen molar-refractivity contribution in [2.75, 3.05) is 53.1 Å². The van der Waals surface area contributed by atoms with E-state index >= 15 is 0 Å². The average molecular weight is 915 g/mol. The number of Topliss-reactive ketones (excluding diaryl/α,β-unsaturated/α-hetero) is 3. The molecule has 67 heavy (non-hydrogen) atoms. The Hall–Kier alpha value is -6.38. The van der Waals surface area contributed by atoms with E-state index in [4.69, 9.17) is 31.4 Å². The molecular formula is C51H62N8O8. The van der Waals surface area contributed by atoms with Crippen LogP contribution in [0.15, 0.2) is 66.9 Å². The molecule has 1 saturated heterocycles. The summed E-state index contributed by atoms with van der Waals surface area (Å²) in [6, 6.07) is 18.4. The fourth-order valence-electron chi connectivity index (χ4n) is 8.79. The predicted molar refractivity (Wildman–Crippen MR) is 252 cm³/mol. The summed E-state index contributed by atoms with van der Waals surface area (Å²) in [4.78, 5) is 81.4. The highest BCUT2D eigenvalue weighted by atomic mass is 16.5. The van der Waals surface area contributed by atoms with Crippen molar-refractivity contribution in [1.29, 1.82) is 5.26 Å². The number of hydrogen-bond donors (Lipinski definition) is 4. The summed E-state index contributed by atoms with van der Waals surface area (Å²) in [7, 11) is 1.50. The monoisotopic (exact) mass is 914 g/mol. The number of nitrogens with zero attached hydrogens (tertiary/aromatic N) is 4. The third kappa shape index (κ3) is 12.5. The van der Waals surface area contributed by atoms with E-state index in [1.165, 1.54) is 23.7 Å². The van der Waals surface area contributed by atoms with Crippen LogP contribution in [0.4, 0.5) is 0 Å². The number of fused-ring (bicyclic) bond motifs is 5. The highest BCUT2D eigenvalue weighted by Gasteiger charge is 2.36. The first-order valence-corrected chi connectivity index (χ1v) is 23.0. The van der Waals surface area contributed by atoms with Crippen LogP contribution < -0.4 is 32.0 Å². The Morgan fingerprint density at radius 2 is 1.57 bits per heavy atom. The topological polar surface area (TPSA) is 256 Å². The SMILES string of the molecule is Cc1nc(-c2ccc(C3CCOCC3)cc2)ncc1C(=O)C[C@@H](CCN)C(=O)N(C)[C@@H]1C(=O)C[C@@H](C)C(=O)N[C@H](C(=O)CCC#N)Cc2ccc(OCCN)c(c2)-c2cc1ccc2OCCN. The van der Waals surface area contributed by atoms with Crippen molar-refractivity contribution < 1.29 is 38.2 Å². The number of ether oxygens (including phenoxy) is 3. The molecule has 2 aliphatic heterocycles. The number of aryl methyl sites for hydroxylation is 1. The van der Waals surface area contributed by atoms with E-state index in [1.807, 2.05) is 24.3 Å². The molecule has 16 nitrogen and oxygen atoms in total. The van der Waals surface area contributed by atoms with E-state index in [0.717, 1.165) is 31.6 Å². The van der Waals surface area contributed by atoms with E-state index in [0.29, 0.717) is 51.2 Å². The second-order valence-electron chi connectivity index (χ2n) is 17.3. The van der Waals surface area contributed by atoms with Crippen molar-refractivity contribution in [1.82, 2.24) is 20.2 Å². The molecule has 3 heterocycles. The van der Waals surface area contributed by atoms with Crippen molar-refractivity contribution >= 4 is 29.2 Å². The largest absolute Gasteiger partial charge is 0.492 e. The number of ketones is 3. The van der Waals surface area contributed by atoms with Gasteiger partial charge in [0.1, 0.15) is 30.8 Å². The first-order valence-electron chi connectivity index (χ1n) is 23.0. The maximum absolute atomic E-state index is 14.8. The molecule has 16 heteroatoms. The Bertz CT molecular complexity index is 2450. The number of rotatable bonds is 18. The number of likely N-dealkylation sites (N-methyl/N-ethyl adjacent to an activating group) is 1. The molecule has 0 saturated carbocycles. The number of hydrogen-bond acceptors (Lipinski definition) is 14. The molecule has 0 spiro atoms. The zero-order valence-corrected chi connectivity index (χ0v) is 38.6. The maximum Gasteiger partial charge on any atom is 0.226 e. The summed E-state index contributed by atoms with van der Waals surface area (Å²) in [6.45, 7) is 5.66. The van der Waals surface area contributed by atoms with Gasteiger partial charge in [-0.05, 0) is 86.0 Å². The fraction of sp³-hybridized carbons (Fsp3) is 0.451. The molecule has 3 aromatic carbocycles. The Morgan fingerprint density at radius 3 is 2.21 bits per heavy atom. The van der Waals surface area contributed by atoms with Crippen molar-refractivity contribution in [2.45, 2.75) is 83.2 Å². The maximum atomic E-state index is 14.8. The van der Waals surface area contributed by atoms with Crippen molar-refractivity contribution in [3.05, 3.63) is 94.8 Å². The third-order valence-corrected chi connectivity index (χ3v) is 12.5. The van der Waals surface area contributed by atoms with Crippen molar-refractivity contribution in [3.8, 4) is 40.1 Å². The molecule has 0 unspecified atom stereocenters. The van der Waals surface area contributed by atoms with E-state index in [2.05, 4.69) is 27.4 Å². The van der Waals surface area contributed by atoms with E-state index in [1.54, 1.807) is 44.2 Å². The van der Waals surface area contributed by atoms with Crippen LogP contribution in [0, 0.1) is 30.1 Å². The quantitative estimate of drug-likeness (QED) is 0.0966. The van der Waals surface area contributed by atoms with Crippen LogP contribution in [0.5, 0.6) is 11.5 Å². The van der Waals surface area contributed by atoms with Crippen LogP contribution in [0.3, 0.4) is 0 Å². The standard InChI is InChI=1S/C51H62N8O8/c1-31-25-45(62)48(59(3)51(64)38(14-18-53)29-44(61)41-30-56-49(57-32(41)2)36-9-7-34(8-10-36)35-15-21-65-22-16-35)37-11-13-47(67-24-20-55)40(28-37)39-26-33(6-12-46(39)66-23-19-54)27-42(58-50(31)63)43(60)5-4-17-52/h6-13,26,28,30-31,35,38,42,48H,4-5,14-16,18-25,27,29,53-55H2,1-3H3,(H,58,63)/t31-,38-,42+,48+/m1/s1. The summed E-state index contributed by atoms with van der Waals surface area (Å²) >= 11 is 0. The molecule has 2 amide bonds. The van der Waals surface area contributed by atoms with Gasteiger partial charge in [-0.2, -0.15) is 5.26 Å². The number of nitrogens with two attached hydrogens (primary N) is 3. The third-order valence-electron chi connectivity index (χ3n) is 12.5. The zero-order chi connectivity index (χ0) is 48.0. The molecule has 4 bridgehead atoms. The molecule has 4 atom stereocenters. The molecule has 1 aromatic heterocycles. The van der Waals surface area contributed by atoms with Gasteiger partial charge in [0.25, 0.3) is 0 Å². The predicted octanol–water partition coefficient (Wildman–Crippen LogP) is 4.93. The Balaban J connectivity index is 1.34. The lowest BCUT2D eigenvalue weighted by molar-refractivity contribution is -0.142. The van der Waals surface area contributed by atoms with Crippen LogP contribution in [0.25, 0.3) is 22.5 Å². The van der Waals surface area contributed by atoms with E-state index in [-0.39, 0.29) is 88.5 Å². The zero-order valence-electron chi connectivity index (χ0n) is 38.6. The summed E-state index contributed by atoms with van der Waals surface area (Å²) in [6.07, 6.45) is 3.04. The smallest absolute Gasteiger partial charge is 0.226 e. The van der Waals surface area contributed by atoms with Gasteiger partial charge < -0.3 is 41.6 Å². The van der Waals surface area contributed by atoms with Gasteiger partial charge in [0, 0.05) is 93.8 Å². The second kappa shape index (κ2) is 23.9. The minimum Gasteiger partial charge on any atom is -0.492 e. The van der Waals surface area contributed by atoms with Gasteiger partial charge in [-0.1, -0.05) is 43.3 Å². The van der Waals surface area contributed by atoms with Gasteiger partial charge in [-0.25, -0.2) is 9.97 Å². The van der Waals surface area contributed by atoms with Crippen LogP contribution in [0.1, 0.15) is 96.6 Å². The number of nitrogens with one attached hydrogen (secondary N) is 1. The Labute approximate surface area is 391 Å². The molecule has 0 radical (unpaired) electrons. The number of benzene rings is 3. The van der Waals surface area contributed by atoms with Crippen molar-refractivity contribution in [2.24, 2.45) is 29.0 Å². The van der Waals surface area contributed by atoms with Crippen LogP contribution in [0.2, 0.25) is 0 Å². The summed E-state index contributed by atoms with van der Waals surface area (Å²) in [5.74, 6) is -2.27. The molecular weight excluding hydrogens is 853 g/mol. The lowest BCUT2D eigenvalue weighted by atomic mass is 9.88. The molecule has 4 aromatic rings. The number of nitriles is 1. The van der Waals surface area contributed by atoms with Gasteiger partial charge in [0.2, 0.25) is 11.8 Å². The fourth-order valence-corrected chi connectivity index (χ4v) is 8.79. The molecule has 1 fully saturated rings.